The van der Waals surface area contributed by atoms with E-state index in [2.05, 4.69) is 10.3 Å². The van der Waals surface area contributed by atoms with Gasteiger partial charge in [-0.1, -0.05) is 0 Å². The predicted octanol–water partition coefficient (Wildman–Crippen LogP) is 2.92. The second-order valence-electron chi connectivity index (χ2n) is 5.33. The van der Waals surface area contributed by atoms with E-state index in [0.717, 1.165) is 11.4 Å². The van der Waals surface area contributed by atoms with Crippen molar-refractivity contribution < 1.29 is 5.11 Å². The zero-order valence-electron chi connectivity index (χ0n) is 12.8. The molecule has 0 saturated heterocycles. The van der Waals surface area contributed by atoms with Gasteiger partial charge in [0.2, 0.25) is 0 Å². The molecule has 0 spiro atoms. The minimum atomic E-state index is 0.183. The minimum Gasteiger partial charge on any atom is -0.508 e. The number of nitrogen functional groups attached to an aromatic ring is 1. The Morgan fingerprint density at radius 1 is 0.917 bits per heavy atom. The Labute approximate surface area is 139 Å². The third-order valence-corrected chi connectivity index (χ3v) is 3.46. The van der Waals surface area contributed by atoms with E-state index in [4.69, 9.17) is 16.9 Å². The molecule has 0 unspecified atom stereocenters. The van der Waals surface area contributed by atoms with Gasteiger partial charge in [-0.05, 0) is 60.7 Å². The highest BCUT2D eigenvalue weighted by atomic mass is 16.3. The highest BCUT2D eigenvalue weighted by molar-refractivity contribution is 6.23. The van der Waals surface area contributed by atoms with Crippen molar-refractivity contribution in [1.29, 1.82) is 5.41 Å². The van der Waals surface area contributed by atoms with Crippen molar-refractivity contribution in [3.05, 3.63) is 72.1 Å². The zero-order valence-corrected chi connectivity index (χ0v) is 12.8. The molecule has 0 bridgehead atoms. The number of nitrogens with zero attached hydrogens (tertiary/aromatic N) is 1. The molecule has 7 N–H and O–H groups in total. The van der Waals surface area contributed by atoms with Crippen molar-refractivity contribution in [2.75, 3.05) is 11.1 Å². The summed E-state index contributed by atoms with van der Waals surface area (Å²) in [5.74, 6) is 0.183. The molecule has 1 aliphatic rings. The fourth-order valence-corrected chi connectivity index (χ4v) is 2.19. The Morgan fingerprint density at radius 2 is 1.58 bits per heavy atom. The number of allylic oxidation sites excluding steroid dienone is 2. The Hall–Kier alpha value is -3.54. The molecule has 3 rings (SSSR count). The summed E-state index contributed by atoms with van der Waals surface area (Å²) in [5.41, 5.74) is 15.6. The minimum absolute atomic E-state index is 0.183. The normalized spacial score (nSPS) is 15.8. The lowest BCUT2D eigenvalue weighted by Crippen LogP contribution is -2.21. The number of phenolic OH excluding ortho intramolecular Hbond substituents is 1. The Bertz CT molecular complexity index is 861. The first-order chi connectivity index (χ1) is 11.5. The lowest BCUT2D eigenvalue weighted by atomic mass is 10.0. The molecule has 0 aliphatic heterocycles. The third kappa shape index (κ3) is 3.44. The van der Waals surface area contributed by atoms with Crippen LogP contribution >= 0.6 is 0 Å². The molecular formula is C18H17N5O. The molecule has 6 nitrogen and oxygen atoms in total. The smallest absolute Gasteiger partial charge is 0.115 e. The van der Waals surface area contributed by atoms with Crippen LogP contribution in [0.2, 0.25) is 0 Å². The van der Waals surface area contributed by atoms with Gasteiger partial charge in [-0.25, -0.2) is 4.99 Å². The Balaban J connectivity index is 1.90. The van der Waals surface area contributed by atoms with Crippen LogP contribution in [0.15, 0.2) is 77.1 Å². The first kappa shape index (κ1) is 15.4. The third-order valence-electron chi connectivity index (χ3n) is 3.46. The van der Waals surface area contributed by atoms with Crippen molar-refractivity contribution in [2.24, 2.45) is 10.7 Å². The Morgan fingerprint density at radius 3 is 2.25 bits per heavy atom. The summed E-state index contributed by atoms with van der Waals surface area (Å²) in [6.07, 6.45) is 3.28. The molecular weight excluding hydrogens is 302 g/mol. The van der Waals surface area contributed by atoms with Crippen molar-refractivity contribution in [3.63, 3.8) is 0 Å². The van der Waals surface area contributed by atoms with Crippen LogP contribution in [0.4, 0.5) is 17.1 Å². The molecule has 1 aliphatic carbocycles. The topological polar surface area (TPSA) is 121 Å². The second-order valence-corrected chi connectivity index (χ2v) is 5.33. The lowest BCUT2D eigenvalue weighted by molar-refractivity contribution is 0.475. The molecule has 0 amide bonds. The molecule has 0 fully saturated rings. The fourth-order valence-electron chi connectivity index (χ4n) is 2.19. The number of aromatic hydroxyl groups is 1. The van der Waals surface area contributed by atoms with Gasteiger partial charge >= 0.3 is 0 Å². The number of hydrogen-bond donors (Lipinski definition) is 5. The maximum atomic E-state index is 9.34. The van der Waals surface area contributed by atoms with Gasteiger partial charge < -0.3 is 21.9 Å². The van der Waals surface area contributed by atoms with Crippen LogP contribution in [0.1, 0.15) is 0 Å². The summed E-state index contributed by atoms with van der Waals surface area (Å²) in [4.78, 5) is 4.50. The molecule has 2 aromatic carbocycles. The maximum absolute atomic E-state index is 9.34. The summed E-state index contributed by atoms with van der Waals surface area (Å²) in [7, 11) is 0. The molecule has 120 valence electrons. The highest BCUT2D eigenvalue weighted by Gasteiger charge is 2.14. The average Bonchev–Trinajstić information content (AvgIpc) is 2.56. The molecule has 0 atom stereocenters. The first-order valence-electron chi connectivity index (χ1n) is 7.30. The van der Waals surface area contributed by atoms with Crippen LogP contribution in [0, 0.1) is 5.41 Å². The van der Waals surface area contributed by atoms with Gasteiger partial charge in [-0.3, -0.25) is 5.41 Å². The summed E-state index contributed by atoms with van der Waals surface area (Å²) >= 11 is 0. The monoisotopic (exact) mass is 319 g/mol. The van der Waals surface area contributed by atoms with E-state index in [-0.39, 0.29) is 11.5 Å². The van der Waals surface area contributed by atoms with Crippen molar-refractivity contribution in [3.8, 4) is 5.75 Å². The Kier molecular flexibility index (Phi) is 4.03. The van der Waals surface area contributed by atoms with Crippen LogP contribution in [0.3, 0.4) is 0 Å². The van der Waals surface area contributed by atoms with Gasteiger partial charge in [0.15, 0.2) is 0 Å². The largest absolute Gasteiger partial charge is 0.508 e. The lowest BCUT2D eigenvalue weighted by Gasteiger charge is -2.16. The standard InChI is InChI=1S/C18H17N5O/c19-11-1-3-12(4-2-11)22-17-10-18(16(21)9-15(17)20)23-13-5-7-14(24)8-6-13/h1-10,21,23-24H,19-20H2/b21-16?,22-17-. The molecule has 0 heterocycles. The number of anilines is 2. The predicted molar refractivity (Wildman–Crippen MR) is 97.8 cm³/mol. The number of benzene rings is 2. The van der Waals surface area contributed by atoms with E-state index in [0.29, 0.717) is 22.8 Å². The van der Waals surface area contributed by atoms with Gasteiger partial charge in [0, 0.05) is 11.4 Å². The maximum Gasteiger partial charge on any atom is 0.115 e. The summed E-state index contributed by atoms with van der Waals surface area (Å²) in [5, 5.41) is 20.5. The van der Waals surface area contributed by atoms with E-state index < -0.39 is 0 Å². The first-order valence-corrected chi connectivity index (χ1v) is 7.30. The van der Waals surface area contributed by atoms with Crippen LogP contribution < -0.4 is 16.8 Å². The van der Waals surface area contributed by atoms with Gasteiger partial charge in [0.1, 0.15) is 5.75 Å². The summed E-state index contributed by atoms with van der Waals surface area (Å²) in [6, 6.07) is 13.7. The summed E-state index contributed by atoms with van der Waals surface area (Å²) < 4.78 is 0. The van der Waals surface area contributed by atoms with Gasteiger partial charge in [-0.2, -0.15) is 0 Å². The van der Waals surface area contributed by atoms with E-state index in [1.807, 2.05) is 0 Å². The number of nitrogens with one attached hydrogen (secondary N) is 2. The van der Waals surface area contributed by atoms with Crippen molar-refractivity contribution >= 4 is 28.5 Å². The molecule has 24 heavy (non-hydrogen) atoms. The van der Waals surface area contributed by atoms with E-state index >= 15 is 0 Å². The molecule has 0 saturated carbocycles. The molecule has 6 heteroatoms. The SMILES string of the molecule is N=C1C=C(N)/C(=N\c2ccc(N)cc2)C=C1Nc1ccc(O)cc1. The molecule has 0 radical (unpaired) electrons. The van der Waals surface area contributed by atoms with E-state index in [9.17, 15) is 5.11 Å². The van der Waals surface area contributed by atoms with Crippen LogP contribution in [0.5, 0.6) is 5.75 Å². The van der Waals surface area contributed by atoms with Crippen molar-refractivity contribution in [2.45, 2.75) is 0 Å². The van der Waals surface area contributed by atoms with Crippen molar-refractivity contribution in [1.82, 2.24) is 0 Å². The van der Waals surface area contributed by atoms with Gasteiger partial charge in [0.25, 0.3) is 0 Å². The number of rotatable bonds is 3. The van der Waals surface area contributed by atoms with Crippen LogP contribution in [0.25, 0.3) is 0 Å². The number of nitrogens with two attached hydrogens (primary N) is 2. The summed E-state index contributed by atoms with van der Waals surface area (Å²) in [6.45, 7) is 0. The second kappa shape index (κ2) is 6.29. The van der Waals surface area contributed by atoms with Gasteiger partial charge in [0.05, 0.1) is 28.5 Å². The van der Waals surface area contributed by atoms with Gasteiger partial charge in [-0.15, -0.1) is 0 Å². The fraction of sp³-hybridized carbons (Fsp3) is 0. The van der Waals surface area contributed by atoms with Crippen LogP contribution in [-0.2, 0) is 0 Å². The number of aliphatic imine (C=N–C) groups is 1. The van der Waals surface area contributed by atoms with E-state index in [1.165, 1.54) is 0 Å². The quantitative estimate of drug-likeness (QED) is 0.339. The zero-order chi connectivity index (χ0) is 17.1. The van der Waals surface area contributed by atoms with E-state index in [1.54, 1.807) is 60.7 Å². The number of hydrogen-bond acceptors (Lipinski definition) is 6. The molecule has 2 aromatic rings. The molecule has 0 aromatic heterocycles. The number of phenols is 1. The average molecular weight is 319 g/mol. The highest BCUT2D eigenvalue weighted by Crippen LogP contribution is 2.20. The van der Waals surface area contributed by atoms with Crippen LogP contribution in [-0.4, -0.2) is 16.5 Å².